The van der Waals surface area contributed by atoms with Crippen molar-refractivity contribution in [3.8, 4) is 0 Å². The van der Waals surface area contributed by atoms with E-state index in [1.54, 1.807) is 0 Å². The number of nitrogens with one attached hydrogen (secondary N) is 1. The van der Waals surface area contributed by atoms with Crippen LogP contribution in [0.2, 0.25) is 0 Å². The first-order valence-electron chi connectivity index (χ1n) is 6.50. The lowest BCUT2D eigenvalue weighted by molar-refractivity contribution is -0.128. The van der Waals surface area contributed by atoms with Crippen LogP contribution >= 0.6 is 15.9 Å². The van der Waals surface area contributed by atoms with E-state index in [9.17, 15) is 4.79 Å². The first-order chi connectivity index (χ1) is 8.63. The smallest absolute Gasteiger partial charge is 0.245 e. The Morgan fingerprint density at radius 3 is 2.47 bits per heavy atom. The fourth-order valence-electron chi connectivity index (χ4n) is 2.43. The minimum absolute atomic E-state index is 0.0659. The minimum atomic E-state index is -0.548. The van der Waals surface area contributed by atoms with Gasteiger partial charge in [-0.3, -0.25) is 4.79 Å². The molecule has 1 heterocycles. The number of carbonyl (C=O) groups excluding carboxylic acids is 1. The number of nitrogens with zero attached hydrogens (tertiary/aromatic N) is 1. The van der Waals surface area contributed by atoms with Crippen LogP contribution in [-0.2, 0) is 4.79 Å². The molecular weight excluding hydrogens is 304 g/mol. The summed E-state index contributed by atoms with van der Waals surface area (Å²) in [5.74, 6) is 0.0659. The van der Waals surface area contributed by atoms with Crippen LogP contribution in [0, 0.1) is 6.92 Å². The van der Waals surface area contributed by atoms with Crippen LogP contribution in [0.5, 0.6) is 0 Å². The van der Waals surface area contributed by atoms with E-state index in [0.29, 0.717) is 0 Å². The van der Waals surface area contributed by atoms with Crippen LogP contribution in [0.4, 0.5) is 5.69 Å². The van der Waals surface area contributed by atoms with Crippen molar-refractivity contribution in [1.82, 2.24) is 5.32 Å². The molecule has 0 aliphatic carbocycles. The van der Waals surface area contributed by atoms with Crippen molar-refractivity contribution in [2.75, 3.05) is 11.4 Å². The fourth-order valence-corrected chi connectivity index (χ4v) is 3.14. The van der Waals surface area contributed by atoms with Gasteiger partial charge in [-0.25, -0.2) is 0 Å². The van der Waals surface area contributed by atoms with Crippen LogP contribution in [0.1, 0.15) is 33.3 Å². The molecule has 19 heavy (non-hydrogen) atoms. The Bertz CT molecular complexity index is 523. The van der Waals surface area contributed by atoms with Gasteiger partial charge in [0.15, 0.2) is 0 Å². The van der Waals surface area contributed by atoms with E-state index in [0.717, 1.165) is 16.7 Å². The van der Waals surface area contributed by atoms with Gasteiger partial charge in [0.25, 0.3) is 0 Å². The van der Waals surface area contributed by atoms with E-state index >= 15 is 0 Å². The van der Waals surface area contributed by atoms with E-state index in [1.807, 2.05) is 13.8 Å². The number of hydrogen-bond donors (Lipinski definition) is 1. The number of amides is 1. The summed E-state index contributed by atoms with van der Waals surface area (Å²) in [5, 5.41) is 3.08. The molecule has 104 valence electrons. The molecule has 1 aliphatic rings. The zero-order chi connectivity index (χ0) is 14.4. The average Bonchev–Trinajstić information content (AvgIpc) is 2.24. The van der Waals surface area contributed by atoms with Gasteiger partial charge in [0.2, 0.25) is 5.91 Å². The van der Waals surface area contributed by atoms with E-state index in [2.05, 4.69) is 65.1 Å². The quantitative estimate of drug-likeness (QED) is 0.860. The number of carbonyl (C=O) groups is 1. The summed E-state index contributed by atoms with van der Waals surface area (Å²) in [7, 11) is 0. The van der Waals surface area contributed by atoms with Gasteiger partial charge in [0, 0.05) is 11.0 Å². The van der Waals surface area contributed by atoms with Gasteiger partial charge in [-0.1, -0.05) is 6.07 Å². The first kappa shape index (κ1) is 14.4. The highest BCUT2D eigenvalue weighted by Gasteiger charge is 2.44. The van der Waals surface area contributed by atoms with Gasteiger partial charge in [-0.15, -0.1) is 0 Å². The standard InChI is InChI=1S/C15H21BrN2O/c1-10-6-7-12(11(16)8-10)18-9-14(2,3)17-13(19)15(18,4)5/h6-8H,9H2,1-5H3,(H,17,19). The minimum Gasteiger partial charge on any atom is -0.354 e. The maximum atomic E-state index is 12.3. The summed E-state index contributed by atoms with van der Waals surface area (Å²) >= 11 is 3.62. The van der Waals surface area contributed by atoms with Gasteiger partial charge in [-0.05, 0) is 68.2 Å². The third kappa shape index (κ3) is 2.64. The average molecular weight is 325 g/mol. The Hall–Kier alpha value is -1.03. The molecule has 2 rings (SSSR count). The summed E-state index contributed by atoms with van der Waals surface area (Å²) in [5.41, 5.74) is 1.50. The second kappa shape index (κ2) is 4.51. The largest absolute Gasteiger partial charge is 0.354 e. The third-order valence-electron chi connectivity index (χ3n) is 3.63. The van der Waals surface area contributed by atoms with Gasteiger partial charge >= 0.3 is 0 Å². The molecule has 1 N–H and O–H groups in total. The molecule has 3 nitrogen and oxygen atoms in total. The van der Waals surface area contributed by atoms with Crippen LogP contribution < -0.4 is 10.2 Å². The van der Waals surface area contributed by atoms with Crippen molar-refractivity contribution in [3.05, 3.63) is 28.2 Å². The number of piperazine rings is 1. The Balaban J connectivity index is 2.48. The fraction of sp³-hybridized carbons (Fsp3) is 0.533. The predicted molar refractivity (Wildman–Crippen MR) is 82.5 cm³/mol. The second-order valence-electron chi connectivity index (χ2n) is 6.44. The van der Waals surface area contributed by atoms with Crippen molar-refractivity contribution in [3.63, 3.8) is 0 Å². The van der Waals surface area contributed by atoms with Crippen LogP contribution in [-0.4, -0.2) is 23.5 Å². The van der Waals surface area contributed by atoms with Crippen molar-refractivity contribution in [1.29, 1.82) is 0 Å². The van der Waals surface area contributed by atoms with E-state index in [1.165, 1.54) is 5.56 Å². The summed E-state index contributed by atoms with van der Waals surface area (Å²) in [4.78, 5) is 14.5. The molecule has 0 saturated carbocycles. The normalized spacial score (nSPS) is 21.2. The van der Waals surface area contributed by atoms with Gasteiger partial charge < -0.3 is 10.2 Å². The highest BCUT2D eigenvalue weighted by atomic mass is 79.9. The topological polar surface area (TPSA) is 32.3 Å². The van der Waals surface area contributed by atoms with Crippen molar-refractivity contribution in [2.24, 2.45) is 0 Å². The molecule has 0 aromatic heterocycles. The molecule has 0 spiro atoms. The summed E-state index contributed by atoms with van der Waals surface area (Å²) in [6, 6.07) is 6.25. The highest BCUT2D eigenvalue weighted by molar-refractivity contribution is 9.10. The zero-order valence-corrected chi connectivity index (χ0v) is 13.8. The molecule has 4 heteroatoms. The Morgan fingerprint density at radius 1 is 1.26 bits per heavy atom. The third-order valence-corrected chi connectivity index (χ3v) is 4.26. The monoisotopic (exact) mass is 324 g/mol. The van der Waals surface area contributed by atoms with Crippen molar-refractivity contribution >= 4 is 27.5 Å². The molecule has 0 bridgehead atoms. The summed E-state index contributed by atoms with van der Waals surface area (Å²) < 4.78 is 1.03. The predicted octanol–water partition coefficient (Wildman–Crippen LogP) is 3.25. The molecule has 1 amide bonds. The number of hydrogen-bond acceptors (Lipinski definition) is 2. The summed E-state index contributed by atoms with van der Waals surface area (Å²) in [6.45, 7) is 10.9. The molecule has 0 unspecified atom stereocenters. The molecule has 1 aromatic rings. The molecule has 0 radical (unpaired) electrons. The molecule has 1 aromatic carbocycles. The number of halogens is 1. The zero-order valence-electron chi connectivity index (χ0n) is 12.2. The second-order valence-corrected chi connectivity index (χ2v) is 7.29. The molecule has 1 aliphatic heterocycles. The molecule has 1 fully saturated rings. The number of anilines is 1. The SMILES string of the molecule is Cc1ccc(N2CC(C)(C)NC(=O)C2(C)C)c(Br)c1. The van der Waals surface area contributed by atoms with Crippen LogP contribution in [0.3, 0.4) is 0 Å². The van der Waals surface area contributed by atoms with Crippen LogP contribution in [0.15, 0.2) is 22.7 Å². The lowest BCUT2D eigenvalue weighted by atomic mass is 9.90. The van der Waals surface area contributed by atoms with Crippen LogP contribution in [0.25, 0.3) is 0 Å². The Morgan fingerprint density at radius 2 is 1.89 bits per heavy atom. The first-order valence-corrected chi connectivity index (χ1v) is 7.29. The van der Waals surface area contributed by atoms with E-state index in [4.69, 9.17) is 0 Å². The van der Waals surface area contributed by atoms with Gasteiger partial charge in [0.05, 0.1) is 11.2 Å². The summed E-state index contributed by atoms with van der Waals surface area (Å²) in [6.07, 6.45) is 0. The molecule has 1 saturated heterocycles. The Labute approximate surface area is 123 Å². The van der Waals surface area contributed by atoms with E-state index < -0.39 is 5.54 Å². The van der Waals surface area contributed by atoms with Crippen molar-refractivity contribution in [2.45, 2.75) is 45.7 Å². The number of benzene rings is 1. The maximum Gasteiger partial charge on any atom is 0.245 e. The number of rotatable bonds is 1. The maximum absolute atomic E-state index is 12.3. The lowest BCUT2D eigenvalue weighted by Gasteiger charge is -2.49. The van der Waals surface area contributed by atoms with Gasteiger partial charge in [-0.2, -0.15) is 0 Å². The Kier molecular flexibility index (Phi) is 3.42. The molecular formula is C15H21BrN2O. The lowest BCUT2D eigenvalue weighted by Crippen LogP contribution is -2.69. The molecule has 0 atom stereocenters. The van der Waals surface area contributed by atoms with Gasteiger partial charge in [0.1, 0.15) is 5.54 Å². The van der Waals surface area contributed by atoms with Crippen molar-refractivity contribution < 1.29 is 4.79 Å². The number of aryl methyl sites for hydroxylation is 1. The van der Waals surface area contributed by atoms with E-state index in [-0.39, 0.29) is 11.4 Å². The highest BCUT2D eigenvalue weighted by Crippen LogP contribution is 2.35.